The van der Waals surface area contributed by atoms with Gasteiger partial charge < -0.3 is 10.5 Å². The molecule has 2 N–H and O–H groups in total. The van der Waals surface area contributed by atoms with Gasteiger partial charge in [-0.3, -0.25) is 0 Å². The second kappa shape index (κ2) is 8.88. The molecule has 0 amide bonds. The summed E-state index contributed by atoms with van der Waals surface area (Å²) >= 11 is 3.48. The van der Waals surface area contributed by atoms with Crippen LogP contribution in [-0.4, -0.2) is 27.8 Å². The molecule has 4 aromatic rings. The predicted octanol–water partition coefficient (Wildman–Crippen LogP) is 5.25. The van der Waals surface area contributed by atoms with Crippen LogP contribution >= 0.6 is 15.9 Å². The molecule has 0 aliphatic heterocycles. The van der Waals surface area contributed by atoms with Gasteiger partial charge in [-0.25, -0.2) is 9.97 Å². The van der Waals surface area contributed by atoms with Gasteiger partial charge in [-0.05, 0) is 30.3 Å². The van der Waals surface area contributed by atoms with Gasteiger partial charge in [0, 0.05) is 28.2 Å². The number of benzene rings is 3. The molecular weight excluding hydrogens is 440 g/mol. The molecule has 6 heteroatoms. The molecule has 0 aliphatic carbocycles. The van der Waals surface area contributed by atoms with Crippen LogP contribution in [0.4, 0.5) is 0 Å². The van der Waals surface area contributed by atoms with E-state index in [1.165, 1.54) is 0 Å². The molecule has 0 spiro atoms. The standard InChI is InChI=1S/C24H19BrN4O/c1-26-29-23(19-9-5-6-10-22(19)30)24-27-20(16-7-3-2-4-8-16)15-21(28-24)17-11-13-18(25)14-12-17/h2-15,26,30H,1H3/b29-23+. The summed E-state index contributed by atoms with van der Waals surface area (Å²) in [4.78, 5) is 9.57. The Hall–Kier alpha value is -3.51. The largest absolute Gasteiger partial charge is 0.507 e. The molecule has 0 fully saturated rings. The van der Waals surface area contributed by atoms with Crippen molar-refractivity contribution < 1.29 is 5.11 Å². The molecule has 0 unspecified atom stereocenters. The second-order valence-corrected chi connectivity index (χ2v) is 7.45. The molecule has 1 aromatic heterocycles. The van der Waals surface area contributed by atoms with Crippen molar-refractivity contribution in [3.8, 4) is 28.3 Å². The minimum absolute atomic E-state index is 0.116. The molecule has 1 heterocycles. The van der Waals surface area contributed by atoms with Gasteiger partial charge in [-0.1, -0.05) is 70.5 Å². The van der Waals surface area contributed by atoms with Crippen molar-refractivity contribution in [1.29, 1.82) is 0 Å². The van der Waals surface area contributed by atoms with Crippen LogP contribution in [0.25, 0.3) is 22.5 Å². The van der Waals surface area contributed by atoms with Crippen LogP contribution in [0.15, 0.2) is 94.5 Å². The quantitative estimate of drug-likeness (QED) is 0.316. The van der Waals surface area contributed by atoms with Crippen molar-refractivity contribution in [2.75, 3.05) is 7.05 Å². The molecule has 30 heavy (non-hydrogen) atoms. The topological polar surface area (TPSA) is 70.4 Å². The van der Waals surface area contributed by atoms with Crippen LogP contribution in [0.1, 0.15) is 11.4 Å². The second-order valence-electron chi connectivity index (χ2n) is 6.54. The Balaban J connectivity index is 1.94. The zero-order valence-corrected chi connectivity index (χ0v) is 17.8. The van der Waals surface area contributed by atoms with E-state index in [0.717, 1.165) is 27.0 Å². The van der Waals surface area contributed by atoms with Crippen LogP contribution in [0.3, 0.4) is 0 Å². The Morgan fingerprint density at radius 2 is 1.43 bits per heavy atom. The third kappa shape index (κ3) is 4.23. The first-order valence-corrected chi connectivity index (χ1v) is 10.2. The summed E-state index contributed by atoms with van der Waals surface area (Å²) in [5.41, 5.74) is 7.30. The van der Waals surface area contributed by atoms with Crippen LogP contribution in [-0.2, 0) is 0 Å². The fourth-order valence-corrected chi connectivity index (χ4v) is 3.36. The van der Waals surface area contributed by atoms with E-state index in [2.05, 4.69) is 26.5 Å². The number of hydrogen-bond acceptors (Lipinski definition) is 5. The van der Waals surface area contributed by atoms with Crippen molar-refractivity contribution in [3.63, 3.8) is 0 Å². The number of hydrogen-bond donors (Lipinski definition) is 2. The molecule has 0 radical (unpaired) electrons. The Bertz CT molecular complexity index is 1190. The molecule has 0 saturated heterocycles. The number of nitrogens with one attached hydrogen (secondary N) is 1. The number of para-hydroxylation sites is 1. The molecule has 5 nitrogen and oxygen atoms in total. The van der Waals surface area contributed by atoms with Crippen LogP contribution in [0.5, 0.6) is 5.75 Å². The van der Waals surface area contributed by atoms with Crippen LogP contribution < -0.4 is 5.43 Å². The van der Waals surface area contributed by atoms with E-state index in [-0.39, 0.29) is 5.75 Å². The van der Waals surface area contributed by atoms with E-state index >= 15 is 0 Å². The van der Waals surface area contributed by atoms with Crippen molar-refractivity contribution in [1.82, 2.24) is 15.4 Å². The van der Waals surface area contributed by atoms with E-state index in [4.69, 9.17) is 9.97 Å². The molecule has 4 rings (SSSR count). The van der Waals surface area contributed by atoms with Gasteiger partial charge in [0.2, 0.25) is 0 Å². The fourth-order valence-electron chi connectivity index (χ4n) is 3.09. The average Bonchev–Trinajstić information content (AvgIpc) is 2.79. The summed E-state index contributed by atoms with van der Waals surface area (Å²) in [6, 6.07) is 26.9. The van der Waals surface area contributed by atoms with E-state index < -0.39 is 0 Å². The molecular formula is C24H19BrN4O. The van der Waals surface area contributed by atoms with Crippen molar-refractivity contribution >= 4 is 21.6 Å². The number of aromatic hydroxyl groups is 1. The van der Waals surface area contributed by atoms with E-state index in [0.29, 0.717) is 17.1 Å². The molecule has 0 bridgehead atoms. The van der Waals surface area contributed by atoms with Crippen molar-refractivity contribution in [3.05, 3.63) is 101 Å². The Labute approximate surface area is 183 Å². The number of nitrogens with zero attached hydrogens (tertiary/aromatic N) is 3. The van der Waals surface area contributed by atoms with E-state index in [1.807, 2.05) is 66.7 Å². The van der Waals surface area contributed by atoms with E-state index in [9.17, 15) is 5.11 Å². The minimum atomic E-state index is 0.116. The number of rotatable bonds is 5. The first-order chi connectivity index (χ1) is 14.7. The number of hydrazone groups is 1. The maximum atomic E-state index is 10.4. The average molecular weight is 459 g/mol. The van der Waals surface area contributed by atoms with Gasteiger partial charge in [0.05, 0.1) is 11.4 Å². The summed E-state index contributed by atoms with van der Waals surface area (Å²) in [5.74, 6) is 0.538. The number of halogens is 1. The predicted molar refractivity (Wildman–Crippen MR) is 123 cm³/mol. The summed E-state index contributed by atoms with van der Waals surface area (Å²) in [6.07, 6.45) is 0. The first kappa shape index (κ1) is 19.8. The van der Waals surface area contributed by atoms with E-state index in [1.54, 1.807) is 25.2 Å². The Morgan fingerprint density at radius 3 is 2.07 bits per heavy atom. The maximum absolute atomic E-state index is 10.4. The zero-order chi connectivity index (χ0) is 20.9. The SMILES string of the molecule is CN/N=C(/c1nc(-c2ccccc2)cc(-c2ccc(Br)cc2)n1)c1ccccc1O. The summed E-state index contributed by atoms with van der Waals surface area (Å²) in [5, 5.41) is 14.8. The van der Waals surface area contributed by atoms with Gasteiger partial charge in [-0.15, -0.1) is 0 Å². The number of phenolic OH excluding ortho intramolecular Hbond substituents is 1. The highest BCUT2D eigenvalue weighted by molar-refractivity contribution is 9.10. The number of aromatic nitrogens is 2. The Morgan fingerprint density at radius 1 is 0.833 bits per heavy atom. The van der Waals surface area contributed by atoms with Crippen LogP contribution in [0, 0.1) is 0 Å². The molecule has 0 atom stereocenters. The maximum Gasteiger partial charge on any atom is 0.181 e. The normalized spacial score (nSPS) is 11.3. The lowest BCUT2D eigenvalue weighted by atomic mass is 10.1. The number of phenols is 1. The third-order valence-corrected chi connectivity index (χ3v) is 5.06. The lowest BCUT2D eigenvalue weighted by Gasteiger charge is -2.12. The highest BCUT2D eigenvalue weighted by Crippen LogP contribution is 2.27. The highest BCUT2D eigenvalue weighted by Gasteiger charge is 2.17. The van der Waals surface area contributed by atoms with Crippen molar-refractivity contribution in [2.45, 2.75) is 0 Å². The monoisotopic (exact) mass is 458 g/mol. The Kier molecular flexibility index (Phi) is 5.86. The summed E-state index contributed by atoms with van der Waals surface area (Å²) in [6.45, 7) is 0. The fraction of sp³-hybridized carbons (Fsp3) is 0.0417. The smallest absolute Gasteiger partial charge is 0.181 e. The lowest BCUT2D eigenvalue weighted by molar-refractivity contribution is 0.474. The third-order valence-electron chi connectivity index (χ3n) is 4.53. The molecule has 0 saturated carbocycles. The summed E-state index contributed by atoms with van der Waals surface area (Å²) < 4.78 is 0.996. The summed E-state index contributed by atoms with van der Waals surface area (Å²) in [7, 11) is 1.71. The minimum Gasteiger partial charge on any atom is -0.507 e. The first-order valence-electron chi connectivity index (χ1n) is 9.39. The highest BCUT2D eigenvalue weighted by atomic mass is 79.9. The van der Waals surface area contributed by atoms with Gasteiger partial charge in [0.25, 0.3) is 0 Å². The van der Waals surface area contributed by atoms with Gasteiger partial charge >= 0.3 is 0 Å². The van der Waals surface area contributed by atoms with Crippen LogP contribution in [0.2, 0.25) is 0 Å². The molecule has 0 aliphatic rings. The van der Waals surface area contributed by atoms with Gasteiger partial charge in [0.15, 0.2) is 5.82 Å². The van der Waals surface area contributed by atoms with Gasteiger partial charge in [0.1, 0.15) is 11.5 Å². The van der Waals surface area contributed by atoms with Gasteiger partial charge in [-0.2, -0.15) is 5.10 Å². The zero-order valence-electron chi connectivity index (χ0n) is 16.2. The molecule has 148 valence electrons. The molecule has 3 aromatic carbocycles. The van der Waals surface area contributed by atoms with Crippen molar-refractivity contribution in [2.24, 2.45) is 5.10 Å². The lowest BCUT2D eigenvalue weighted by Crippen LogP contribution is -2.14.